The van der Waals surface area contributed by atoms with E-state index < -0.39 is 0 Å². The molecule has 0 saturated heterocycles. The zero-order valence-corrected chi connectivity index (χ0v) is 17.3. The summed E-state index contributed by atoms with van der Waals surface area (Å²) in [5.41, 5.74) is 3.33. The molecule has 0 spiro atoms. The van der Waals surface area contributed by atoms with E-state index in [1.165, 1.54) is 7.11 Å². The topological polar surface area (TPSA) is 47.6 Å². The summed E-state index contributed by atoms with van der Waals surface area (Å²) < 4.78 is 11.6. The Morgan fingerprint density at radius 3 is 2.81 bits per heavy atom. The number of esters is 1. The average molecular weight is 449 g/mol. The van der Waals surface area contributed by atoms with Gasteiger partial charge in [0.2, 0.25) is 0 Å². The molecule has 0 saturated carbocycles. The van der Waals surface area contributed by atoms with Gasteiger partial charge in [-0.2, -0.15) is 0 Å². The van der Waals surface area contributed by atoms with Gasteiger partial charge in [0.15, 0.2) is 0 Å². The quantitative estimate of drug-likeness (QED) is 0.481. The van der Waals surface area contributed by atoms with Crippen LogP contribution >= 0.6 is 27.5 Å². The third kappa shape index (κ3) is 3.03. The van der Waals surface area contributed by atoms with Gasteiger partial charge in [-0.1, -0.05) is 39.7 Å². The van der Waals surface area contributed by atoms with Gasteiger partial charge in [-0.3, -0.25) is 0 Å². The van der Waals surface area contributed by atoms with Gasteiger partial charge in [-0.15, -0.1) is 0 Å². The van der Waals surface area contributed by atoms with Crippen LogP contribution in [0.4, 0.5) is 5.69 Å². The molecule has 4 nitrogen and oxygen atoms in total. The SMILES string of the molecule is COC(=O)c1ccc(Cl)c2c1[C@@H]1C=CC[C@@H]1[C@@H](c1cc(Br)ccc1OC)N2. The highest BCUT2D eigenvalue weighted by Crippen LogP contribution is 2.54. The Balaban J connectivity index is 1.89. The second kappa shape index (κ2) is 7.21. The van der Waals surface area contributed by atoms with Gasteiger partial charge in [0.05, 0.1) is 36.5 Å². The molecule has 0 bridgehead atoms. The van der Waals surface area contributed by atoms with Crippen molar-refractivity contribution in [2.24, 2.45) is 5.92 Å². The molecular formula is C21H19BrClNO3. The minimum absolute atomic E-state index is 0.00958. The van der Waals surface area contributed by atoms with Crippen LogP contribution in [0.2, 0.25) is 5.02 Å². The molecule has 3 atom stereocenters. The standard InChI is InChI=1S/C21H19BrClNO3/c1-26-17-9-6-11(22)10-15(17)19-13-5-3-4-12(13)18-14(21(25)27-2)7-8-16(23)20(18)24-19/h3-4,6-10,12-13,19,24H,5H2,1-2H3/t12-,13+,19+/m1/s1. The van der Waals surface area contributed by atoms with E-state index in [9.17, 15) is 4.79 Å². The van der Waals surface area contributed by atoms with Crippen LogP contribution < -0.4 is 10.1 Å². The van der Waals surface area contributed by atoms with Crippen molar-refractivity contribution in [2.75, 3.05) is 19.5 Å². The lowest BCUT2D eigenvalue weighted by molar-refractivity contribution is 0.0598. The molecule has 1 aliphatic carbocycles. The molecule has 1 heterocycles. The highest BCUT2D eigenvalue weighted by molar-refractivity contribution is 9.10. The van der Waals surface area contributed by atoms with E-state index in [1.807, 2.05) is 12.1 Å². The van der Waals surface area contributed by atoms with Gasteiger partial charge in [0.1, 0.15) is 5.75 Å². The van der Waals surface area contributed by atoms with E-state index in [0.29, 0.717) is 10.6 Å². The van der Waals surface area contributed by atoms with Crippen molar-refractivity contribution in [2.45, 2.75) is 18.4 Å². The Morgan fingerprint density at radius 2 is 2.07 bits per heavy atom. The molecule has 2 aliphatic rings. The van der Waals surface area contributed by atoms with Crippen molar-refractivity contribution in [1.82, 2.24) is 0 Å². The first kappa shape index (κ1) is 18.4. The largest absolute Gasteiger partial charge is 0.496 e. The molecule has 0 aromatic heterocycles. The van der Waals surface area contributed by atoms with Crippen LogP contribution in [0.25, 0.3) is 0 Å². The van der Waals surface area contributed by atoms with E-state index in [4.69, 9.17) is 21.1 Å². The van der Waals surface area contributed by atoms with E-state index in [-0.39, 0.29) is 23.8 Å². The highest BCUT2D eigenvalue weighted by atomic mass is 79.9. The van der Waals surface area contributed by atoms with Gasteiger partial charge < -0.3 is 14.8 Å². The number of carbonyl (C=O) groups excluding carboxylic acids is 1. The van der Waals surface area contributed by atoms with Crippen LogP contribution in [0.5, 0.6) is 5.75 Å². The monoisotopic (exact) mass is 447 g/mol. The minimum atomic E-state index is -0.345. The third-order valence-corrected chi connectivity index (χ3v) is 6.21. The van der Waals surface area contributed by atoms with E-state index in [2.05, 4.69) is 39.5 Å². The molecule has 1 aliphatic heterocycles. The van der Waals surface area contributed by atoms with Gasteiger partial charge >= 0.3 is 5.97 Å². The van der Waals surface area contributed by atoms with Crippen molar-refractivity contribution in [1.29, 1.82) is 0 Å². The number of halogens is 2. The zero-order chi connectivity index (χ0) is 19.1. The number of hydrogen-bond donors (Lipinski definition) is 1. The lowest BCUT2D eigenvalue weighted by atomic mass is 9.75. The first-order valence-corrected chi connectivity index (χ1v) is 9.89. The molecule has 2 aromatic carbocycles. The second-order valence-electron chi connectivity index (χ2n) is 6.74. The fourth-order valence-corrected chi connectivity index (χ4v) is 4.82. The van der Waals surface area contributed by atoms with Crippen molar-refractivity contribution < 1.29 is 14.3 Å². The Labute approximate surface area is 171 Å². The van der Waals surface area contributed by atoms with Crippen molar-refractivity contribution in [3.63, 3.8) is 0 Å². The molecule has 0 amide bonds. The van der Waals surface area contributed by atoms with Crippen LogP contribution in [-0.4, -0.2) is 20.2 Å². The Kier molecular flexibility index (Phi) is 4.91. The van der Waals surface area contributed by atoms with Gasteiger partial charge in [-0.05, 0) is 48.2 Å². The van der Waals surface area contributed by atoms with Crippen LogP contribution in [-0.2, 0) is 4.74 Å². The molecule has 140 valence electrons. The molecule has 0 fully saturated rings. The van der Waals surface area contributed by atoms with E-state index in [0.717, 1.165) is 33.5 Å². The summed E-state index contributed by atoms with van der Waals surface area (Å²) in [6.45, 7) is 0. The molecule has 2 aromatic rings. The third-order valence-electron chi connectivity index (χ3n) is 5.40. The predicted octanol–water partition coefficient (Wildman–Crippen LogP) is 5.72. The molecule has 27 heavy (non-hydrogen) atoms. The molecular weight excluding hydrogens is 430 g/mol. The number of anilines is 1. The number of nitrogens with one attached hydrogen (secondary N) is 1. The lowest BCUT2D eigenvalue weighted by Crippen LogP contribution is -2.31. The Bertz CT molecular complexity index is 943. The predicted molar refractivity (Wildman–Crippen MR) is 110 cm³/mol. The summed E-state index contributed by atoms with van der Waals surface area (Å²) in [6.07, 6.45) is 5.25. The number of benzene rings is 2. The highest BCUT2D eigenvalue weighted by Gasteiger charge is 2.41. The molecule has 1 N–H and O–H groups in total. The minimum Gasteiger partial charge on any atom is -0.496 e. The van der Waals surface area contributed by atoms with Gasteiger partial charge in [0, 0.05) is 16.0 Å². The number of hydrogen-bond acceptors (Lipinski definition) is 4. The number of allylic oxidation sites excluding steroid dienone is 2. The number of rotatable bonds is 3. The summed E-state index contributed by atoms with van der Waals surface area (Å²) in [6, 6.07) is 9.50. The fraction of sp³-hybridized carbons (Fsp3) is 0.286. The zero-order valence-electron chi connectivity index (χ0n) is 15.0. The summed E-state index contributed by atoms with van der Waals surface area (Å²) in [5, 5.41) is 4.19. The smallest absolute Gasteiger partial charge is 0.338 e. The van der Waals surface area contributed by atoms with E-state index >= 15 is 0 Å². The maximum Gasteiger partial charge on any atom is 0.338 e. The van der Waals surface area contributed by atoms with Gasteiger partial charge in [-0.25, -0.2) is 4.79 Å². The Morgan fingerprint density at radius 1 is 1.26 bits per heavy atom. The van der Waals surface area contributed by atoms with Crippen molar-refractivity contribution >= 4 is 39.2 Å². The summed E-state index contributed by atoms with van der Waals surface area (Å²) in [7, 11) is 3.08. The van der Waals surface area contributed by atoms with Gasteiger partial charge in [0.25, 0.3) is 0 Å². The number of carbonyl (C=O) groups is 1. The maximum absolute atomic E-state index is 12.3. The lowest BCUT2D eigenvalue weighted by Gasteiger charge is -2.39. The Hall–Kier alpha value is -1.98. The number of fused-ring (bicyclic) bond motifs is 3. The summed E-state index contributed by atoms with van der Waals surface area (Å²) >= 11 is 10.1. The first-order valence-electron chi connectivity index (χ1n) is 8.72. The normalized spacial score (nSPS) is 22.6. The second-order valence-corrected chi connectivity index (χ2v) is 8.06. The molecule has 4 rings (SSSR count). The molecule has 6 heteroatoms. The average Bonchev–Trinajstić information content (AvgIpc) is 3.17. The number of ether oxygens (including phenoxy) is 2. The van der Waals surface area contributed by atoms with Crippen LogP contribution in [0.3, 0.4) is 0 Å². The van der Waals surface area contributed by atoms with Crippen molar-refractivity contribution in [3.05, 3.63) is 68.7 Å². The van der Waals surface area contributed by atoms with Crippen molar-refractivity contribution in [3.8, 4) is 5.75 Å². The molecule has 0 unspecified atom stereocenters. The summed E-state index contributed by atoms with van der Waals surface area (Å²) in [5.74, 6) is 0.817. The first-order chi connectivity index (χ1) is 13.0. The summed E-state index contributed by atoms with van der Waals surface area (Å²) in [4.78, 5) is 12.3. The number of methoxy groups -OCH3 is 2. The van der Waals surface area contributed by atoms with Crippen LogP contribution in [0, 0.1) is 5.92 Å². The van der Waals surface area contributed by atoms with Crippen LogP contribution in [0.1, 0.15) is 39.9 Å². The fourth-order valence-electron chi connectivity index (χ4n) is 4.22. The molecule has 0 radical (unpaired) electrons. The van der Waals surface area contributed by atoms with Crippen LogP contribution in [0.15, 0.2) is 47.0 Å². The maximum atomic E-state index is 12.3. The van der Waals surface area contributed by atoms with E-state index in [1.54, 1.807) is 19.2 Å².